The van der Waals surface area contributed by atoms with Crippen LogP contribution in [0.5, 0.6) is 5.75 Å². The van der Waals surface area contributed by atoms with Gasteiger partial charge in [-0.2, -0.15) is 0 Å². The van der Waals surface area contributed by atoms with Crippen LogP contribution in [0.1, 0.15) is 24.8 Å². The second kappa shape index (κ2) is 4.10. The molecule has 0 bridgehead atoms. The quantitative estimate of drug-likeness (QED) is 0.914. The summed E-state index contributed by atoms with van der Waals surface area (Å²) in [5.74, 6) is 0.786. The number of ether oxygens (including phenoxy) is 1. The van der Waals surface area contributed by atoms with Gasteiger partial charge in [-0.25, -0.2) is 0 Å². The summed E-state index contributed by atoms with van der Waals surface area (Å²) in [4.78, 5) is 4.04. The van der Waals surface area contributed by atoms with Crippen LogP contribution in [0.3, 0.4) is 0 Å². The zero-order valence-electron chi connectivity index (χ0n) is 8.66. The summed E-state index contributed by atoms with van der Waals surface area (Å²) in [6, 6.07) is 0. The Morgan fingerprint density at radius 3 is 2.87 bits per heavy atom. The van der Waals surface area contributed by atoms with Crippen LogP contribution in [0, 0.1) is 0 Å². The van der Waals surface area contributed by atoms with Crippen molar-refractivity contribution in [3.8, 4) is 5.75 Å². The number of hydrogen-bond acceptors (Lipinski definition) is 3. The van der Waals surface area contributed by atoms with Crippen LogP contribution < -0.4 is 4.74 Å². The van der Waals surface area contributed by atoms with E-state index >= 15 is 0 Å². The van der Waals surface area contributed by atoms with Gasteiger partial charge in [-0.1, -0.05) is 0 Å². The van der Waals surface area contributed by atoms with E-state index < -0.39 is 5.60 Å². The fraction of sp³-hybridized carbons (Fsp3) is 0.545. The maximum atomic E-state index is 9.77. The monoisotopic (exact) mass is 271 g/mol. The van der Waals surface area contributed by atoms with Crippen molar-refractivity contribution in [2.24, 2.45) is 0 Å². The molecule has 0 atom stereocenters. The summed E-state index contributed by atoms with van der Waals surface area (Å²) in [5.41, 5.74) is 0.682. The lowest BCUT2D eigenvalue weighted by Crippen LogP contribution is -2.08. The molecular formula is C11H14BrNO2. The van der Waals surface area contributed by atoms with Gasteiger partial charge < -0.3 is 9.84 Å². The van der Waals surface area contributed by atoms with Crippen molar-refractivity contribution in [3.05, 3.63) is 22.4 Å². The first-order valence-corrected chi connectivity index (χ1v) is 5.83. The Kier molecular flexibility index (Phi) is 2.98. The zero-order chi connectivity index (χ0) is 10.9. The van der Waals surface area contributed by atoms with E-state index in [1.807, 2.05) is 0 Å². The highest BCUT2D eigenvalue weighted by Crippen LogP contribution is 2.40. The fourth-order valence-corrected chi connectivity index (χ4v) is 2.13. The Morgan fingerprint density at radius 1 is 1.53 bits per heavy atom. The van der Waals surface area contributed by atoms with Gasteiger partial charge in [0.2, 0.25) is 0 Å². The second-order valence-electron chi connectivity index (χ2n) is 4.03. The molecule has 1 heterocycles. The summed E-state index contributed by atoms with van der Waals surface area (Å²) < 4.78 is 6.19. The van der Waals surface area contributed by atoms with Gasteiger partial charge in [0.15, 0.2) is 0 Å². The van der Waals surface area contributed by atoms with E-state index in [9.17, 15) is 5.11 Å². The lowest BCUT2D eigenvalue weighted by molar-refractivity contribution is 0.140. The number of nitrogens with zero attached hydrogens (tertiary/aromatic N) is 1. The van der Waals surface area contributed by atoms with Crippen molar-refractivity contribution in [1.82, 2.24) is 4.98 Å². The van der Waals surface area contributed by atoms with Gasteiger partial charge in [0.1, 0.15) is 5.75 Å². The zero-order valence-corrected chi connectivity index (χ0v) is 10.2. The molecule has 0 amide bonds. The number of pyridine rings is 1. The van der Waals surface area contributed by atoms with Crippen molar-refractivity contribution in [2.45, 2.75) is 31.3 Å². The predicted octanol–water partition coefficient (Wildman–Crippen LogP) is 2.31. The Morgan fingerprint density at radius 2 is 2.27 bits per heavy atom. The second-order valence-corrected chi connectivity index (χ2v) is 4.88. The molecule has 1 aliphatic rings. The van der Waals surface area contributed by atoms with Crippen molar-refractivity contribution < 1.29 is 9.84 Å². The van der Waals surface area contributed by atoms with Gasteiger partial charge in [0.25, 0.3) is 0 Å². The van der Waals surface area contributed by atoms with Crippen molar-refractivity contribution in [3.63, 3.8) is 0 Å². The molecule has 1 aromatic rings. The molecule has 1 aromatic heterocycles. The molecule has 2 rings (SSSR count). The number of hydrogen-bond donors (Lipinski definition) is 1. The molecule has 0 aromatic carbocycles. The predicted molar refractivity (Wildman–Crippen MR) is 61.0 cm³/mol. The molecule has 0 spiro atoms. The van der Waals surface area contributed by atoms with E-state index in [1.54, 1.807) is 19.5 Å². The molecule has 3 nitrogen and oxygen atoms in total. The van der Waals surface area contributed by atoms with Crippen LogP contribution in [-0.2, 0) is 6.42 Å². The highest BCUT2D eigenvalue weighted by molar-refractivity contribution is 9.10. The minimum atomic E-state index is -0.409. The van der Waals surface area contributed by atoms with Gasteiger partial charge in [-0.3, -0.25) is 4.98 Å². The minimum absolute atomic E-state index is 0.409. The molecule has 82 valence electrons. The molecule has 4 heteroatoms. The van der Waals surface area contributed by atoms with E-state index in [2.05, 4.69) is 20.9 Å². The summed E-state index contributed by atoms with van der Waals surface area (Å²) in [5, 5.41) is 9.77. The molecule has 0 aliphatic heterocycles. The minimum Gasteiger partial charge on any atom is -0.495 e. The Hall–Kier alpha value is -0.610. The van der Waals surface area contributed by atoms with Crippen LogP contribution in [-0.4, -0.2) is 22.8 Å². The van der Waals surface area contributed by atoms with Crippen LogP contribution in [0.15, 0.2) is 16.9 Å². The average Bonchev–Trinajstić information content (AvgIpc) is 2.95. The highest BCUT2D eigenvalue weighted by atomic mass is 79.9. The van der Waals surface area contributed by atoms with E-state index in [-0.39, 0.29) is 0 Å². The van der Waals surface area contributed by atoms with Gasteiger partial charge >= 0.3 is 0 Å². The molecular weight excluding hydrogens is 258 g/mol. The van der Waals surface area contributed by atoms with Gasteiger partial charge in [0, 0.05) is 16.2 Å². The first kappa shape index (κ1) is 10.9. The van der Waals surface area contributed by atoms with Crippen LogP contribution in [0.25, 0.3) is 0 Å². The fourth-order valence-electron chi connectivity index (χ4n) is 1.61. The van der Waals surface area contributed by atoms with Crippen molar-refractivity contribution >= 4 is 15.9 Å². The first-order chi connectivity index (χ1) is 7.14. The third kappa shape index (κ3) is 2.49. The molecule has 15 heavy (non-hydrogen) atoms. The molecule has 1 saturated carbocycles. The molecule has 0 radical (unpaired) electrons. The first-order valence-electron chi connectivity index (χ1n) is 5.03. The maximum absolute atomic E-state index is 9.77. The van der Waals surface area contributed by atoms with Crippen LogP contribution in [0.2, 0.25) is 0 Å². The lowest BCUT2D eigenvalue weighted by Gasteiger charge is -2.11. The average molecular weight is 272 g/mol. The number of aliphatic hydroxyl groups is 1. The number of methoxy groups -OCH3 is 1. The smallest absolute Gasteiger partial charge is 0.141 e. The number of aromatic nitrogens is 1. The van der Waals surface area contributed by atoms with Gasteiger partial charge in [-0.05, 0) is 41.6 Å². The molecule has 1 aliphatic carbocycles. The Balaban J connectivity index is 2.11. The van der Waals surface area contributed by atoms with Crippen molar-refractivity contribution in [2.75, 3.05) is 7.11 Å². The van der Waals surface area contributed by atoms with Crippen molar-refractivity contribution in [1.29, 1.82) is 0 Å². The van der Waals surface area contributed by atoms with Gasteiger partial charge in [0.05, 0.1) is 18.9 Å². The standard InChI is InChI=1S/C11H14BrNO2/c1-15-10-7-13-6-9(12)8(10)2-3-11(14)4-5-11/h6-7,14H,2-5H2,1H3. The molecule has 1 N–H and O–H groups in total. The normalized spacial score (nSPS) is 17.5. The molecule has 0 unspecified atom stereocenters. The van der Waals surface area contributed by atoms with Crippen LogP contribution >= 0.6 is 15.9 Å². The van der Waals surface area contributed by atoms with E-state index in [0.29, 0.717) is 0 Å². The van der Waals surface area contributed by atoms with Crippen LogP contribution in [0.4, 0.5) is 0 Å². The highest BCUT2D eigenvalue weighted by Gasteiger charge is 2.39. The summed E-state index contributed by atoms with van der Waals surface area (Å²) in [6.45, 7) is 0. The van der Waals surface area contributed by atoms with Gasteiger partial charge in [-0.15, -0.1) is 0 Å². The van der Waals surface area contributed by atoms with E-state index in [0.717, 1.165) is 41.5 Å². The number of halogens is 1. The number of rotatable bonds is 4. The lowest BCUT2D eigenvalue weighted by atomic mass is 10.1. The van der Waals surface area contributed by atoms with E-state index in [4.69, 9.17) is 4.74 Å². The van der Waals surface area contributed by atoms with E-state index in [1.165, 1.54) is 0 Å². The third-order valence-electron chi connectivity index (χ3n) is 2.85. The SMILES string of the molecule is COc1cncc(Br)c1CCC1(O)CC1. The largest absolute Gasteiger partial charge is 0.495 e. The molecule has 0 saturated heterocycles. The summed E-state index contributed by atoms with van der Waals surface area (Å²) >= 11 is 3.45. The Bertz CT molecular complexity index is 364. The molecule has 1 fully saturated rings. The topological polar surface area (TPSA) is 42.4 Å². The summed E-state index contributed by atoms with van der Waals surface area (Å²) in [6.07, 6.45) is 6.94. The maximum Gasteiger partial charge on any atom is 0.141 e. The summed E-state index contributed by atoms with van der Waals surface area (Å²) in [7, 11) is 1.64. The Labute approximate surface area is 97.6 Å². The third-order valence-corrected chi connectivity index (χ3v) is 3.54.